The van der Waals surface area contributed by atoms with E-state index < -0.39 is 0 Å². The number of rotatable bonds is 0. The van der Waals surface area contributed by atoms with Gasteiger partial charge in [-0.3, -0.25) is 0 Å². The lowest BCUT2D eigenvalue weighted by Gasteiger charge is -2.33. The van der Waals surface area contributed by atoms with Gasteiger partial charge in [-0.1, -0.05) is 135 Å². The molecule has 0 radical (unpaired) electrons. The van der Waals surface area contributed by atoms with Crippen molar-refractivity contribution < 1.29 is 0 Å². The van der Waals surface area contributed by atoms with Gasteiger partial charge >= 0.3 is 0 Å². The van der Waals surface area contributed by atoms with Gasteiger partial charge in [0.15, 0.2) is 0 Å². The van der Waals surface area contributed by atoms with Crippen LogP contribution in [0.25, 0.3) is 0 Å². The summed E-state index contributed by atoms with van der Waals surface area (Å²) < 4.78 is 0. The molecule has 0 aromatic carbocycles. The molecule has 0 spiro atoms. The van der Waals surface area contributed by atoms with Crippen molar-refractivity contribution in [2.75, 3.05) is 0 Å². The lowest BCUT2D eigenvalue weighted by atomic mass is 9.72. The Morgan fingerprint density at radius 3 is 0.680 bits per heavy atom. The van der Waals surface area contributed by atoms with E-state index in [1.54, 1.807) is 64.2 Å². The molecule has 0 aromatic rings. The van der Waals surface area contributed by atoms with E-state index in [-0.39, 0.29) is 0 Å². The first kappa shape index (κ1) is 19.8. The summed E-state index contributed by atoms with van der Waals surface area (Å²) in [4.78, 5) is 0. The molecule has 0 N–H and O–H groups in total. The van der Waals surface area contributed by atoms with Crippen LogP contribution in [0.4, 0.5) is 0 Å². The van der Waals surface area contributed by atoms with Gasteiger partial charge in [0.25, 0.3) is 0 Å². The quantitative estimate of drug-likeness (QED) is 0.411. The molecule has 0 bridgehead atoms. The monoisotopic (exact) mass is 346 g/mol. The van der Waals surface area contributed by atoms with Crippen LogP contribution < -0.4 is 0 Å². The normalized spacial score (nSPS) is 37.4. The summed E-state index contributed by atoms with van der Waals surface area (Å²) in [5.41, 5.74) is 0. The van der Waals surface area contributed by atoms with Crippen LogP contribution in [0, 0.1) is 23.7 Å². The summed E-state index contributed by atoms with van der Waals surface area (Å²) in [5, 5.41) is 0. The van der Waals surface area contributed by atoms with Gasteiger partial charge in [0, 0.05) is 0 Å². The Morgan fingerprint density at radius 2 is 0.400 bits per heavy atom. The summed E-state index contributed by atoms with van der Waals surface area (Å²) in [5.74, 6) is 4.36. The third-order valence-electron chi connectivity index (χ3n) is 8.18. The molecule has 3 aliphatic carbocycles. The van der Waals surface area contributed by atoms with Gasteiger partial charge in [0.1, 0.15) is 0 Å². The number of hydrogen-bond acceptors (Lipinski definition) is 0. The fourth-order valence-electron chi connectivity index (χ4n) is 6.61. The minimum Gasteiger partial charge on any atom is -0.0533 e. The molecule has 4 unspecified atom stereocenters. The van der Waals surface area contributed by atoms with Gasteiger partial charge in [-0.2, -0.15) is 0 Å². The fraction of sp³-hybridized carbons (Fsp3) is 1.00. The van der Waals surface area contributed by atoms with Gasteiger partial charge in [0.05, 0.1) is 0 Å². The zero-order chi connectivity index (χ0) is 17.2. The maximum atomic E-state index is 1.58. The topological polar surface area (TPSA) is 0 Å². The minimum atomic E-state index is 1.09. The Bertz CT molecular complexity index is 301. The van der Waals surface area contributed by atoms with Gasteiger partial charge in [-0.25, -0.2) is 0 Å². The summed E-state index contributed by atoms with van der Waals surface area (Å²) in [6.07, 6.45) is 32.5. The van der Waals surface area contributed by atoms with Crippen LogP contribution in [-0.4, -0.2) is 0 Å². The molecule has 25 heavy (non-hydrogen) atoms. The van der Waals surface area contributed by atoms with Crippen LogP contribution in [0.5, 0.6) is 0 Å². The van der Waals surface area contributed by atoms with Crippen molar-refractivity contribution in [3.8, 4) is 0 Å². The Balaban J connectivity index is 1.59. The SMILES string of the molecule is C1CCCCC2CCCC3CCCCCCCC3CCCC2CCC1. The fourth-order valence-corrected chi connectivity index (χ4v) is 6.61. The standard InChI is InChI=1S/C25H46/c1-2-5-9-15-23-19-13-21-25-17-11-7-3-6-10-16-24(25)20-12-18-22(23)14-8-4-1/h22-25H,1-21H2. The Hall–Kier alpha value is 0. The number of fused-ring (bicyclic) bond motifs is 2. The van der Waals surface area contributed by atoms with Crippen molar-refractivity contribution in [3.63, 3.8) is 0 Å². The van der Waals surface area contributed by atoms with E-state index in [1.165, 1.54) is 70.6 Å². The first-order valence-electron chi connectivity index (χ1n) is 12.4. The first-order valence-corrected chi connectivity index (χ1v) is 12.4. The molecular formula is C25H46. The van der Waals surface area contributed by atoms with E-state index in [2.05, 4.69) is 0 Å². The van der Waals surface area contributed by atoms with Crippen LogP contribution in [0.2, 0.25) is 0 Å². The summed E-state index contributed by atoms with van der Waals surface area (Å²) in [6.45, 7) is 0. The Kier molecular flexibility index (Phi) is 9.21. The zero-order valence-corrected chi connectivity index (χ0v) is 17.2. The lowest BCUT2D eigenvalue weighted by molar-refractivity contribution is 0.182. The highest BCUT2D eigenvalue weighted by molar-refractivity contribution is 4.79. The molecule has 0 nitrogen and oxygen atoms in total. The summed E-state index contributed by atoms with van der Waals surface area (Å²) >= 11 is 0. The largest absolute Gasteiger partial charge is 0.0533 e. The predicted octanol–water partition coefficient (Wildman–Crippen LogP) is 8.68. The Labute approximate surface area is 158 Å². The van der Waals surface area contributed by atoms with Crippen LogP contribution in [0.3, 0.4) is 0 Å². The van der Waals surface area contributed by atoms with Gasteiger partial charge in [0.2, 0.25) is 0 Å². The van der Waals surface area contributed by atoms with E-state index in [1.807, 2.05) is 0 Å². The first-order chi connectivity index (χ1) is 12.4. The maximum absolute atomic E-state index is 1.58. The van der Waals surface area contributed by atoms with E-state index in [0.29, 0.717) is 0 Å². The van der Waals surface area contributed by atoms with Gasteiger partial charge in [-0.05, 0) is 23.7 Å². The van der Waals surface area contributed by atoms with E-state index >= 15 is 0 Å². The van der Waals surface area contributed by atoms with Crippen LogP contribution in [0.15, 0.2) is 0 Å². The average molecular weight is 347 g/mol. The molecule has 3 fully saturated rings. The van der Waals surface area contributed by atoms with Crippen molar-refractivity contribution in [3.05, 3.63) is 0 Å². The molecular weight excluding hydrogens is 300 g/mol. The summed E-state index contributed by atoms with van der Waals surface area (Å²) in [7, 11) is 0. The van der Waals surface area contributed by atoms with E-state index in [0.717, 1.165) is 23.7 Å². The molecule has 0 aromatic heterocycles. The second kappa shape index (κ2) is 11.7. The van der Waals surface area contributed by atoms with Crippen molar-refractivity contribution in [2.24, 2.45) is 23.7 Å². The lowest BCUT2D eigenvalue weighted by Crippen LogP contribution is -2.21. The third-order valence-corrected chi connectivity index (χ3v) is 8.18. The highest BCUT2D eigenvalue weighted by Crippen LogP contribution is 2.40. The van der Waals surface area contributed by atoms with Crippen molar-refractivity contribution in [1.29, 1.82) is 0 Å². The third kappa shape index (κ3) is 6.91. The predicted molar refractivity (Wildman–Crippen MR) is 111 cm³/mol. The Morgan fingerprint density at radius 1 is 0.200 bits per heavy atom. The molecule has 3 saturated carbocycles. The van der Waals surface area contributed by atoms with Gasteiger partial charge < -0.3 is 0 Å². The second-order valence-electron chi connectivity index (χ2n) is 9.95. The minimum absolute atomic E-state index is 1.09. The molecule has 0 aliphatic heterocycles. The zero-order valence-electron chi connectivity index (χ0n) is 17.2. The molecule has 3 rings (SSSR count). The number of hydrogen-bond donors (Lipinski definition) is 0. The smallest absolute Gasteiger partial charge is 0.0386 e. The van der Waals surface area contributed by atoms with Crippen LogP contribution in [0.1, 0.15) is 135 Å². The average Bonchev–Trinajstić information content (AvgIpc) is 2.74. The van der Waals surface area contributed by atoms with Crippen molar-refractivity contribution in [1.82, 2.24) is 0 Å². The highest BCUT2D eigenvalue weighted by atomic mass is 14.3. The highest BCUT2D eigenvalue weighted by Gasteiger charge is 2.27. The molecule has 146 valence electrons. The van der Waals surface area contributed by atoms with E-state index in [9.17, 15) is 0 Å². The molecule has 0 heterocycles. The van der Waals surface area contributed by atoms with E-state index in [4.69, 9.17) is 0 Å². The molecule has 0 amide bonds. The van der Waals surface area contributed by atoms with Crippen LogP contribution in [-0.2, 0) is 0 Å². The van der Waals surface area contributed by atoms with Crippen molar-refractivity contribution in [2.45, 2.75) is 135 Å². The maximum Gasteiger partial charge on any atom is -0.0386 e. The second-order valence-corrected chi connectivity index (χ2v) is 9.95. The molecule has 4 atom stereocenters. The van der Waals surface area contributed by atoms with Crippen LogP contribution >= 0.6 is 0 Å². The van der Waals surface area contributed by atoms with Gasteiger partial charge in [-0.15, -0.1) is 0 Å². The molecule has 0 heteroatoms. The van der Waals surface area contributed by atoms with Crippen molar-refractivity contribution >= 4 is 0 Å². The summed E-state index contributed by atoms with van der Waals surface area (Å²) in [6, 6.07) is 0. The molecule has 0 saturated heterocycles. The molecule has 3 aliphatic rings.